The number of amides is 1. The van der Waals surface area contributed by atoms with Gasteiger partial charge in [0.15, 0.2) is 0 Å². The van der Waals surface area contributed by atoms with E-state index in [1.807, 2.05) is 24.3 Å². The first kappa shape index (κ1) is 12.1. The fraction of sp³-hybridized carbons (Fsp3) is 0.462. The summed E-state index contributed by atoms with van der Waals surface area (Å²) >= 11 is 0. The van der Waals surface area contributed by atoms with Crippen LogP contribution in [-0.2, 0) is 22.6 Å². The Morgan fingerprint density at radius 2 is 2.29 bits per heavy atom. The molecule has 1 unspecified atom stereocenters. The molecule has 1 amide bonds. The summed E-state index contributed by atoms with van der Waals surface area (Å²) in [6.07, 6.45) is 0.828. The lowest BCUT2D eigenvalue weighted by atomic mass is 10.1. The van der Waals surface area contributed by atoms with Crippen molar-refractivity contribution in [3.05, 3.63) is 35.4 Å². The average Bonchev–Trinajstić information content (AvgIpc) is 2.90. The Morgan fingerprint density at radius 1 is 1.47 bits per heavy atom. The van der Waals surface area contributed by atoms with Crippen LogP contribution in [0.25, 0.3) is 0 Å². The van der Waals surface area contributed by atoms with Gasteiger partial charge in [-0.25, -0.2) is 0 Å². The summed E-state index contributed by atoms with van der Waals surface area (Å²) in [5.74, 6) is 0.105. The molecule has 17 heavy (non-hydrogen) atoms. The van der Waals surface area contributed by atoms with Gasteiger partial charge >= 0.3 is 0 Å². The summed E-state index contributed by atoms with van der Waals surface area (Å²) in [6, 6.07) is 7.95. The second kappa shape index (κ2) is 5.80. The molecule has 0 saturated carbocycles. The van der Waals surface area contributed by atoms with Gasteiger partial charge in [-0.05, 0) is 17.5 Å². The molecule has 4 nitrogen and oxygen atoms in total. The molecule has 0 bridgehead atoms. The molecule has 1 aliphatic rings. The fourth-order valence-electron chi connectivity index (χ4n) is 1.94. The van der Waals surface area contributed by atoms with E-state index >= 15 is 0 Å². The van der Waals surface area contributed by atoms with Gasteiger partial charge < -0.3 is 15.8 Å². The highest BCUT2D eigenvalue weighted by molar-refractivity contribution is 5.78. The summed E-state index contributed by atoms with van der Waals surface area (Å²) < 4.78 is 5.19. The second-order valence-corrected chi connectivity index (χ2v) is 4.30. The lowest BCUT2D eigenvalue weighted by molar-refractivity contribution is -0.125. The maximum Gasteiger partial charge on any atom is 0.225 e. The number of nitrogens with one attached hydrogen (secondary N) is 1. The van der Waals surface area contributed by atoms with E-state index in [1.165, 1.54) is 0 Å². The van der Waals surface area contributed by atoms with Gasteiger partial charge in [0.05, 0.1) is 12.5 Å². The number of benzene rings is 1. The molecule has 1 fully saturated rings. The van der Waals surface area contributed by atoms with E-state index in [9.17, 15) is 4.79 Å². The van der Waals surface area contributed by atoms with Crippen molar-refractivity contribution in [2.24, 2.45) is 11.7 Å². The number of hydrogen-bond acceptors (Lipinski definition) is 3. The highest BCUT2D eigenvalue weighted by Gasteiger charge is 2.22. The molecule has 1 saturated heterocycles. The van der Waals surface area contributed by atoms with Gasteiger partial charge in [-0.3, -0.25) is 4.79 Å². The molecular weight excluding hydrogens is 216 g/mol. The standard InChI is InChI=1S/C13H18N2O2/c14-7-10-2-1-3-11(6-10)8-15-13(16)12-4-5-17-9-12/h1-3,6,12H,4-5,7-9,14H2,(H,15,16). The number of carbonyl (C=O) groups excluding carboxylic acids is 1. The van der Waals surface area contributed by atoms with E-state index in [0.717, 1.165) is 17.5 Å². The molecule has 1 aromatic rings. The Bertz CT molecular complexity index is 387. The molecule has 0 radical (unpaired) electrons. The summed E-state index contributed by atoms with van der Waals surface area (Å²) in [5.41, 5.74) is 7.74. The van der Waals surface area contributed by atoms with Crippen LogP contribution in [0.4, 0.5) is 0 Å². The highest BCUT2D eigenvalue weighted by Crippen LogP contribution is 2.12. The van der Waals surface area contributed by atoms with Crippen LogP contribution in [0.1, 0.15) is 17.5 Å². The Kier molecular flexibility index (Phi) is 4.12. The van der Waals surface area contributed by atoms with Crippen LogP contribution in [0.5, 0.6) is 0 Å². The van der Waals surface area contributed by atoms with Crippen molar-refractivity contribution < 1.29 is 9.53 Å². The number of carbonyl (C=O) groups is 1. The molecule has 1 aromatic carbocycles. The van der Waals surface area contributed by atoms with Gasteiger partial charge in [-0.1, -0.05) is 24.3 Å². The van der Waals surface area contributed by atoms with E-state index in [1.54, 1.807) is 0 Å². The zero-order valence-electron chi connectivity index (χ0n) is 9.82. The van der Waals surface area contributed by atoms with Gasteiger partial charge in [0.1, 0.15) is 0 Å². The van der Waals surface area contributed by atoms with E-state index in [-0.39, 0.29) is 11.8 Å². The Hall–Kier alpha value is -1.39. The van der Waals surface area contributed by atoms with Crippen LogP contribution in [0.15, 0.2) is 24.3 Å². The lowest BCUT2D eigenvalue weighted by Gasteiger charge is -2.09. The van der Waals surface area contributed by atoms with Gasteiger partial charge in [-0.15, -0.1) is 0 Å². The summed E-state index contributed by atoms with van der Waals surface area (Å²) in [6.45, 7) is 2.33. The van der Waals surface area contributed by atoms with Gasteiger partial charge in [0.2, 0.25) is 5.91 Å². The summed E-state index contributed by atoms with van der Waals surface area (Å²) in [7, 11) is 0. The van der Waals surface area contributed by atoms with Crippen molar-refractivity contribution in [3.63, 3.8) is 0 Å². The molecule has 0 aromatic heterocycles. The molecule has 0 aliphatic carbocycles. The van der Waals surface area contributed by atoms with Crippen molar-refractivity contribution in [2.45, 2.75) is 19.5 Å². The number of hydrogen-bond donors (Lipinski definition) is 2. The molecule has 2 rings (SSSR count). The topological polar surface area (TPSA) is 64.3 Å². The molecule has 0 spiro atoms. The van der Waals surface area contributed by atoms with Crippen LogP contribution in [0.3, 0.4) is 0 Å². The Morgan fingerprint density at radius 3 is 3.00 bits per heavy atom. The van der Waals surface area contributed by atoms with E-state index in [0.29, 0.717) is 26.3 Å². The normalized spacial score (nSPS) is 19.2. The Labute approximate surface area is 101 Å². The maximum absolute atomic E-state index is 11.8. The predicted octanol–water partition coefficient (Wildman–Crippen LogP) is 0.798. The monoisotopic (exact) mass is 234 g/mol. The van der Waals surface area contributed by atoms with Crippen molar-refractivity contribution in [1.29, 1.82) is 0 Å². The summed E-state index contributed by atoms with van der Waals surface area (Å²) in [4.78, 5) is 11.8. The molecule has 1 aliphatic heterocycles. The quantitative estimate of drug-likeness (QED) is 0.810. The molecule has 92 valence electrons. The molecular formula is C13H18N2O2. The third kappa shape index (κ3) is 3.28. The lowest BCUT2D eigenvalue weighted by Crippen LogP contribution is -2.30. The number of rotatable bonds is 4. The minimum absolute atomic E-state index is 0.0210. The van der Waals surface area contributed by atoms with Crippen LogP contribution in [-0.4, -0.2) is 19.1 Å². The van der Waals surface area contributed by atoms with Crippen LogP contribution >= 0.6 is 0 Å². The van der Waals surface area contributed by atoms with Crippen LogP contribution < -0.4 is 11.1 Å². The molecule has 3 N–H and O–H groups in total. The van der Waals surface area contributed by atoms with Crippen molar-refractivity contribution >= 4 is 5.91 Å². The van der Waals surface area contributed by atoms with Crippen molar-refractivity contribution in [2.75, 3.05) is 13.2 Å². The predicted molar refractivity (Wildman–Crippen MR) is 65.1 cm³/mol. The minimum atomic E-state index is 0.0210. The third-order valence-electron chi connectivity index (χ3n) is 2.99. The smallest absolute Gasteiger partial charge is 0.225 e. The molecule has 1 atom stereocenters. The summed E-state index contributed by atoms with van der Waals surface area (Å²) in [5, 5.41) is 2.93. The number of ether oxygens (including phenoxy) is 1. The van der Waals surface area contributed by atoms with Gasteiger partial charge in [-0.2, -0.15) is 0 Å². The van der Waals surface area contributed by atoms with Crippen molar-refractivity contribution in [3.8, 4) is 0 Å². The first-order valence-corrected chi connectivity index (χ1v) is 5.93. The number of nitrogens with two attached hydrogens (primary N) is 1. The van der Waals surface area contributed by atoms with E-state index in [4.69, 9.17) is 10.5 Å². The third-order valence-corrected chi connectivity index (χ3v) is 2.99. The fourth-order valence-corrected chi connectivity index (χ4v) is 1.94. The molecule has 1 heterocycles. The van der Waals surface area contributed by atoms with Gasteiger partial charge in [0, 0.05) is 19.7 Å². The largest absolute Gasteiger partial charge is 0.381 e. The van der Waals surface area contributed by atoms with E-state index in [2.05, 4.69) is 5.32 Å². The zero-order chi connectivity index (χ0) is 12.1. The average molecular weight is 234 g/mol. The first-order chi connectivity index (χ1) is 8.29. The van der Waals surface area contributed by atoms with E-state index < -0.39 is 0 Å². The second-order valence-electron chi connectivity index (χ2n) is 4.30. The van der Waals surface area contributed by atoms with Crippen LogP contribution in [0, 0.1) is 5.92 Å². The van der Waals surface area contributed by atoms with Crippen LogP contribution in [0.2, 0.25) is 0 Å². The molecule has 4 heteroatoms. The SMILES string of the molecule is NCc1cccc(CNC(=O)C2CCOC2)c1. The zero-order valence-corrected chi connectivity index (χ0v) is 9.82. The van der Waals surface area contributed by atoms with Gasteiger partial charge in [0.25, 0.3) is 0 Å². The Balaban J connectivity index is 1.86. The van der Waals surface area contributed by atoms with Crippen molar-refractivity contribution in [1.82, 2.24) is 5.32 Å². The maximum atomic E-state index is 11.8. The first-order valence-electron chi connectivity index (χ1n) is 5.93. The minimum Gasteiger partial charge on any atom is -0.381 e. The highest BCUT2D eigenvalue weighted by atomic mass is 16.5.